The van der Waals surface area contributed by atoms with E-state index in [4.69, 9.17) is 0 Å². The van der Waals surface area contributed by atoms with Gasteiger partial charge in [0.15, 0.2) is 0 Å². The van der Waals surface area contributed by atoms with E-state index in [0.29, 0.717) is 13.1 Å². The van der Waals surface area contributed by atoms with E-state index in [1.165, 1.54) is 0 Å². The number of nitrogens with one attached hydrogen (secondary N) is 1. The Labute approximate surface area is 103 Å². The van der Waals surface area contributed by atoms with E-state index in [-0.39, 0.29) is 12.0 Å². The van der Waals surface area contributed by atoms with Crippen molar-refractivity contribution in [1.82, 2.24) is 15.1 Å². The van der Waals surface area contributed by atoms with Gasteiger partial charge in [0.1, 0.15) is 0 Å². The van der Waals surface area contributed by atoms with Gasteiger partial charge >= 0.3 is 0 Å². The van der Waals surface area contributed by atoms with E-state index in [2.05, 4.69) is 10.2 Å². The van der Waals surface area contributed by atoms with Crippen LogP contribution in [0.25, 0.3) is 0 Å². The molecule has 2 saturated heterocycles. The lowest BCUT2D eigenvalue weighted by Gasteiger charge is -2.32. The Kier molecular flexibility index (Phi) is 4.76. The quantitative estimate of drug-likeness (QED) is 0.669. The van der Waals surface area contributed by atoms with Gasteiger partial charge in [-0.15, -0.1) is 0 Å². The second-order valence-electron chi connectivity index (χ2n) is 5.02. The summed E-state index contributed by atoms with van der Waals surface area (Å²) in [6, 6.07) is 0. The predicted octanol–water partition coefficient (Wildman–Crippen LogP) is -0.735. The van der Waals surface area contributed by atoms with Crippen molar-refractivity contribution in [2.75, 3.05) is 45.8 Å². The van der Waals surface area contributed by atoms with Crippen LogP contribution in [-0.4, -0.2) is 72.7 Å². The van der Waals surface area contributed by atoms with Crippen molar-refractivity contribution >= 4 is 5.91 Å². The molecule has 2 aliphatic heterocycles. The van der Waals surface area contributed by atoms with Gasteiger partial charge in [-0.25, -0.2) is 0 Å². The fourth-order valence-corrected chi connectivity index (χ4v) is 2.53. The van der Waals surface area contributed by atoms with E-state index >= 15 is 0 Å². The average molecular weight is 241 g/mol. The summed E-state index contributed by atoms with van der Waals surface area (Å²) in [6.07, 6.45) is 2.54. The molecule has 5 heteroatoms. The van der Waals surface area contributed by atoms with Crippen molar-refractivity contribution in [1.29, 1.82) is 0 Å². The fourth-order valence-electron chi connectivity index (χ4n) is 2.53. The summed E-state index contributed by atoms with van der Waals surface area (Å²) in [6.45, 7) is 5.79. The molecule has 0 bridgehead atoms. The first-order valence-corrected chi connectivity index (χ1v) is 6.64. The van der Waals surface area contributed by atoms with Gasteiger partial charge in [0, 0.05) is 26.2 Å². The second-order valence-corrected chi connectivity index (χ2v) is 5.02. The normalized spacial score (nSPS) is 27.8. The maximum atomic E-state index is 12.1. The van der Waals surface area contributed by atoms with Crippen LogP contribution in [0.4, 0.5) is 0 Å². The summed E-state index contributed by atoms with van der Waals surface area (Å²) >= 11 is 0. The van der Waals surface area contributed by atoms with Gasteiger partial charge in [0.2, 0.25) is 5.91 Å². The molecule has 0 radical (unpaired) electrons. The van der Waals surface area contributed by atoms with Crippen molar-refractivity contribution < 1.29 is 9.90 Å². The number of aliphatic hydroxyl groups is 1. The Morgan fingerprint density at radius 2 is 2.12 bits per heavy atom. The summed E-state index contributed by atoms with van der Waals surface area (Å²) in [7, 11) is 0. The number of β-amino-alcohol motifs (C(OH)–C–C–N with tert-alkyl or cyclic N) is 1. The number of amides is 1. The highest BCUT2D eigenvalue weighted by atomic mass is 16.3. The molecule has 17 heavy (non-hydrogen) atoms. The Hall–Kier alpha value is -0.650. The minimum Gasteiger partial charge on any atom is -0.391 e. The van der Waals surface area contributed by atoms with Crippen LogP contribution >= 0.6 is 0 Å². The van der Waals surface area contributed by atoms with Crippen LogP contribution in [0.5, 0.6) is 0 Å². The van der Waals surface area contributed by atoms with Gasteiger partial charge in [0.05, 0.1) is 12.6 Å². The van der Waals surface area contributed by atoms with Crippen LogP contribution in [0.15, 0.2) is 0 Å². The Morgan fingerprint density at radius 3 is 2.94 bits per heavy atom. The number of piperidine rings is 1. The van der Waals surface area contributed by atoms with E-state index in [1.807, 2.05) is 4.90 Å². The molecular formula is C12H23N3O2. The number of nitrogens with zero attached hydrogens (tertiary/aromatic N) is 2. The summed E-state index contributed by atoms with van der Waals surface area (Å²) in [5, 5.41) is 12.9. The number of hydrogen-bond acceptors (Lipinski definition) is 4. The highest BCUT2D eigenvalue weighted by Gasteiger charge is 2.23. The summed E-state index contributed by atoms with van der Waals surface area (Å²) in [5.41, 5.74) is 0. The molecule has 0 saturated carbocycles. The molecule has 1 amide bonds. The lowest BCUT2D eigenvalue weighted by atomic mass is 10.1. The minimum absolute atomic E-state index is 0.172. The molecule has 1 atom stereocenters. The molecule has 2 heterocycles. The van der Waals surface area contributed by atoms with Crippen LogP contribution in [0.2, 0.25) is 0 Å². The standard InChI is InChI=1S/C12H23N3O2/c16-11-3-1-7-15(9-11)12(17)10-14-6-2-4-13-5-8-14/h11,13,16H,1-10H2/t11-/m0/s1. The Morgan fingerprint density at radius 1 is 1.24 bits per heavy atom. The number of likely N-dealkylation sites (tertiary alicyclic amines) is 1. The zero-order chi connectivity index (χ0) is 12.1. The Balaban J connectivity index is 1.78. The van der Waals surface area contributed by atoms with Crippen molar-refractivity contribution in [3.05, 3.63) is 0 Å². The van der Waals surface area contributed by atoms with Gasteiger partial charge in [-0.3, -0.25) is 9.69 Å². The lowest BCUT2D eigenvalue weighted by Crippen LogP contribution is -2.47. The number of hydrogen-bond donors (Lipinski definition) is 2. The van der Waals surface area contributed by atoms with E-state index < -0.39 is 0 Å². The molecule has 5 nitrogen and oxygen atoms in total. The van der Waals surface area contributed by atoms with Crippen molar-refractivity contribution in [2.45, 2.75) is 25.4 Å². The van der Waals surface area contributed by atoms with Gasteiger partial charge in [-0.05, 0) is 32.4 Å². The topological polar surface area (TPSA) is 55.8 Å². The van der Waals surface area contributed by atoms with E-state index in [9.17, 15) is 9.90 Å². The molecule has 0 spiro atoms. The summed E-state index contributed by atoms with van der Waals surface area (Å²) in [5.74, 6) is 0.172. The molecule has 0 aromatic heterocycles. The van der Waals surface area contributed by atoms with Crippen molar-refractivity contribution in [3.8, 4) is 0 Å². The molecule has 0 unspecified atom stereocenters. The number of aliphatic hydroxyl groups excluding tert-OH is 1. The van der Waals surface area contributed by atoms with Crippen LogP contribution in [0.3, 0.4) is 0 Å². The monoisotopic (exact) mass is 241 g/mol. The molecule has 98 valence electrons. The van der Waals surface area contributed by atoms with Gasteiger partial charge < -0.3 is 15.3 Å². The number of carbonyl (C=O) groups excluding carboxylic acids is 1. The van der Waals surface area contributed by atoms with Crippen molar-refractivity contribution in [2.24, 2.45) is 0 Å². The number of carbonyl (C=O) groups is 1. The number of rotatable bonds is 2. The zero-order valence-corrected chi connectivity index (χ0v) is 10.4. The van der Waals surface area contributed by atoms with Crippen LogP contribution in [0.1, 0.15) is 19.3 Å². The van der Waals surface area contributed by atoms with Gasteiger partial charge in [0.25, 0.3) is 0 Å². The van der Waals surface area contributed by atoms with Crippen LogP contribution in [0, 0.1) is 0 Å². The van der Waals surface area contributed by atoms with Crippen LogP contribution in [-0.2, 0) is 4.79 Å². The molecule has 0 aliphatic carbocycles. The molecular weight excluding hydrogens is 218 g/mol. The predicted molar refractivity (Wildman–Crippen MR) is 65.7 cm³/mol. The molecule has 2 aliphatic rings. The van der Waals surface area contributed by atoms with Crippen molar-refractivity contribution in [3.63, 3.8) is 0 Å². The van der Waals surface area contributed by atoms with Gasteiger partial charge in [-0.1, -0.05) is 0 Å². The second kappa shape index (κ2) is 6.33. The SMILES string of the molecule is O=C(CN1CCCNCC1)N1CCC[C@H](O)C1. The molecule has 2 rings (SSSR count). The fraction of sp³-hybridized carbons (Fsp3) is 0.917. The lowest BCUT2D eigenvalue weighted by molar-refractivity contribution is -0.135. The molecule has 2 N–H and O–H groups in total. The maximum Gasteiger partial charge on any atom is 0.236 e. The third-order valence-corrected chi connectivity index (χ3v) is 3.54. The third kappa shape index (κ3) is 3.94. The minimum atomic E-state index is -0.321. The molecule has 0 aromatic rings. The largest absolute Gasteiger partial charge is 0.391 e. The average Bonchev–Trinajstić information content (AvgIpc) is 2.57. The molecule has 0 aromatic carbocycles. The van der Waals surface area contributed by atoms with Gasteiger partial charge in [-0.2, -0.15) is 0 Å². The highest BCUT2D eigenvalue weighted by molar-refractivity contribution is 5.78. The zero-order valence-electron chi connectivity index (χ0n) is 10.4. The Bertz CT molecular complexity index is 252. The van der Waals surface area contributed by atoms with E-state index in [1.54, 1.807) is 0 Å². The van der Waals surface area contributed by atoms with E-state index in [0.717, 1.165) is 52.0 Å². The first-order chi connectivity index (χ1) is 8.25. The third-order valence-electron chi connectivity index (χ3n) is 3.54. The summed E-state index contributed by atoms with van der Waals surface area (Å²) < 4.78 is 0. The highest BCUT2D eigenvalue weighted by Crippen LogP contribution is 2.10. The summed E-state index contributed by atoms with van der Waals surface area (Å²) in [4.78, 5) is 16.1. The molecule has 2 fully saturated rings. The first-order valence-electron chi connectivity index (χ1n) is 6.64. The first kappa shape index (κ1) is 12.8. The maximum absolute atomic E-state index is 12.1. The van der Waals surface area contributed by atoms with Crippen LogP contribution < -0.4 is 5.32 Å². The smallest absolute Gasteiger partial charge is 0.236 e.